The molecule has 2 atom stereocenters. The van der Waals surface area contributed by atoms with E-state index in [1.165, 1.54) is 12.2 Å². The van der Waals surface area contributed by atoms with Crippen molar-refractivity contribution in [2.75, 3.05) is 39.5 Å². The van der Waals surface area contributed by atoms with Gasteiger partial charge in [0.05, 0.1) is 25.3 Å². The molecule has 4 N–H and O–H groups in total. The lowest BCUT2D eigenvalue weighted by atomic mass is 9.80. The Labute approximate surface area is 455 Å². The van der Waals surface area contributed by atoms with Crippen LogP contribution in [-0.4, -0.2) is 95.5 Å². The summed E-state index contributed by atoms with van der Waals surface area (Å²) in [4.78, 5) is 78.1. The van der Waals surface area contributed by atoms with Crippen molar-refractivity contribution < 1.29 is 47.4 Å². The van der Waals surface area contributed by atoms with Crippen molar-refractivity contribution in [3.63, 3.8) is 0 Å². The Bertz CT molecular complexity index is 2110. The van der Waals surface area contributed by atoms with Gasteiger partial charge in [0, 0.05) is 50.9 Å². The van der Waals surface area contributed by atoms with E-state index >= 15 is 0 Å². The number of hydrogen-bond acceptors (Lipinski definition) is 10. The second-order valence-corrected chi connectivity index (χ2v) is 26.4. The monoisotopic (exact) mass is 1070 g/mol. The van der Waals surface area contributed by atoms with Crippen LogP contribution in [0, 0.1) is 0 Å². The lowest BCUT2D eigenvalue weighted by Crippen LogP contribution is -2.48. The van der Waals surface area contributed by atoms with Gasteiger partial charge in [-0.25, -0.2) is 0 Å². The smallest absolute Gasteiger partial charge is 0.305 e. The number of ether oxygens (including phenoxy) is 3. The van der Waals surface area contributed by atoms with Crippen LogP contribution >= 0.6 is 0 Å². The van der Waals surface area contributed by atoms with Crippen LogP contribution in [0.3, 0.4) is 0 Å². The van der Waals surface area contributed by atoms with Crippen LogP contribution < -0.4 is 21.3 Å². The Morgan fingerprint density at radius 2 is 0.816 bits per heavy atom. The molecule has 3 aromatic rings. The van der Waals surface area contributed by atoms with Gasteiger partial charge in [-0.15, -0.1) is 0 Å². The van der Waals surface area contributed by atoms with E-state index in [1.54, 1.807) is 0 Å². The number of nitrogens with one attached hydrogen (secondary N) is 4. The van der Waals surface area contributed by atoms with E-state index in [1.807, 2.05) is 91.0 Å². The molecular formula is C61H90N4O10Si. The first-order valence-electron chi connectivity index (χ1n) is 28.2. The molecule has 1 heterocycles. The summed E-state index contributed by atoms with van der Waals surface area (Å²) in [5.74, 6) is -2.06. The van der Waals surface area contributed by atoms with Crippen LogP contribution in [0.25, 0.3) is 0 Å². The standard InChI is InChI=1S/C61H90N4O10Si/c1-60(2,3)76(4,5)75-48-53-46-73-59(71)38-28-15-11-7-9-13-17-30-44-63-55(67)40-39-54(66)62-43-29-16-12-8-6-10-14-27-37-58(70)72-45-52(64-56(68)41-42-57(69)65-53)47-74-61(49-31-21-18-22-32-49,50-33-23-19-24-34-50)51-35-25-20-26-36-51/h18-26,31-36,39-40,52-53H,6-17,27-30,37-38,41-48H2,1-5H3,(H,62,66)(H,63,67)(H,64,68)(H,65,69)/b40-39+. The Morgan fingerprint density at radius 3 is 1.18 bits per heavy atom. The van der Waals surface area contributed by atoms with Gasteiger partial charge in [0.1, 0.15) is 18.8 Å². The van der Waals surface area contributed by atoms with Gasteiger partial charge in [0.25, 0.3) is 0 Å². The average molecular weight is 1070 g/mol. The molecule has 4 rings (SSSR count). The number of rotatable bonds is 9. The molecule has 0 spiro atoms. The van der Waals surface area contributed by atoms with Gasteiger partial charge >= 0.3 is 11.9 Å². The molecule has 0 saturated heterocycles. The summed E-state index contributed by atoms with van der Waals surface area (Å²) in [6, 6.07) is 28.3. The summed E-state index contributed by atoms with van der Waals surface area (Å²) in [5, 5.41) is 11.6. The number of amides is 4. The maximum atomic E-state index is 13.9. The SMILES string of the molecule is CC(C)(C)[Si](C)(C)OCC1COC(=O)CCCCCCCCCCNC(=O)/C=C/C(=O)NCCCCCCCCCCC(=O)OCC(COC(c2ccccc2)(c2ccccc2)c2ccccc2)NC(=O)CCC(=O)N1. The molecule has 0 fully saturated rings. The highest BCUT2D eigenvalue weighted by atomic mass is 28.4. The summed E-state index contributed by atoms with van der Waals surface area (Å²) in [6.07, 6.45) is 17.9. The molecule has 76 heavy (non-hydrogen) atoms. The molecule has 14 nitrogen and oxygen atoms in total. The van der Waals surface area contributed by atoms with Gasteiger partial charge in [0.2, 0.25) is 23.6 Å². The molecule has 1 aliphatic rings. The molecule has 3 aromatic carbocycles. The summed E-state index contributed by atoms with van der Waals surface area (Å²) in [7, 11) is -2.24. The molecule has 4 amide bonds. The normalized spacial score (nSPS) is 20.5. The number of carbonyl (C=O) groups is 6. The zero-order chi connectivity index (χ0) is 54.9. The maximum absolute atomic E-state index is 13.9. The van der Waals surface area contributed by atoms with E-state index in [4.69, 9.17) is 18.6 Å². The molecule has 0 bridgehead atoms. The summed E-state index contributed by atoms with van der Waals surface area (Å²) < 4.78 is 25.1. The van der Waals surface area contributed by atoms with Crippen molar-refractivity contribution in [1.82, 2.24) is 21.3 Å². The lowest BCUT2D eigenvalue weighted by Gasteiger charge is -2.37. The predicted octanol–water partition coefficient (Wildman–Crippen LogP) is 10.7. The second-order valence-electron chi connectivity index (χ2n) is 21.6. The molecule has 0 aromatic heterocycles. The fourth-order valence-corrected chi connectivity index (χ4v) is 9.79. The van der Waals surface area contributed by atoms with Crippen molar-refractivity contribution in [3.8, 4) is 0 Å². The zero-order valence-electron chi connectivity index (χ0n) is 46.4. The van der Waals surface area contributed by atoms with E-state index in [0.717, 1.165) is 107 Å². The first-order chi connectivity index (χ1) is 36.6. The largest absolute Gasteiger partial charge is 0.463 e. The minimum Gasteiger partial charge on any atom is -0.463 e. The van der Waals surface area contributed by atoms with Crippen molar-refractivity contribution in [2.24, 2.45) is 0 Å². The van der Waals surface area contributed by atoms with Crippen LogP contribution in [0.4, 0.5) is 0 Å². The molecule has 1 aliphatic heterocycles. The molecule has 418 valence electrons. The van der Waals surface area contributed by atoms with Crippen LogP contribution in [0.5, 0.6) is 0 Å². The van der Waals surface area contributed by atoms with Gasteiger partial charge < -0.3 is 39.9 Å². The highest BCUT2D eigenvalue weighted by Gasteiger charge is 2.39. The third kappa shape index (κ3) is 24.1. The second kappa shape index (κ2) is 34.9. The lowest BCUT2D eigenvalue weighted by molar-refractivity contribution is -0.146. The number of esters is 2. The van der Waals surface area contributed by atoms with Gasteiger partial charge in [0.15, 0.2) is 8.32 Å². The zero-order valence-corrected chi connectivity index (χ0v) is 47.4. The number of benzene rings is 3. The molecule has 0 saturated carbocycles. The van der Waals surface area contributed by atoms with Gasteiger partial charge in [-0.3, -0.25) is 28.8 Å². The summed E-state index contributed by atoms with van der Waals surface area (Å²) in [6.45, 7) is 11.7. The van der Waals surface area contributed by atoms with Gasteiger partial charge in [-0.05, 0) is 60.5 Å². The van der Waals surface area contributed by atoms with E-state index in [-0.39, 0.29) is 86.8 Å². The van der Waals surface area contributed by atoms with Gasteiger partial charge in [-0.1, -0.05) is 189 Å². The number of hydrogen-bond donors (Lipinski definition) is 4. The summed E-state index contributed by atoms with van der Waals surface area (Å²) in [5.41, 5.74) is 1.53. The third-order valence-corrected chi connectivity index (χ3v) is 18.8. The molecule has 15 heteroatoms. The van der Waals surface area contributed by atoms with E-state index in [9.17, 15) is 28.8 Å². The minimum atomic E-state index is -2.24. The van der Waals surface area contributed by atoms with Crippen LogP contribution in [0.1, 0.15) is 166 Å². The predicted molar refractivity (Wildman–Crippen MR) is 302 cm³/mol. The Balaban J connectivity index is 1.45. The minimum absolute atomic E-state index is 0.0374. The van der Waals surface area contributed by atoms with Crippen LogP contribution in [0.2, 0.25) is 18.1 Å². The topological polar surface area (TPSA) is 187 Å². The molecule has 0 radical (unpaired) electrons. The third-order valence-electron chi connectivity index (χ3n) is 14.3. The molecule has 0 aliphatic carbocycles. The van der Waals surface area contributed by atoms with Crippen LogP contribution in [-0.2, 0) is 53.0 Å². The van der Waals surface area contributed by atoms with E-state index < -0.39 is 31.9 Å². The van der Waals surface area contributed by atoms with Crippen molar-refractivity contribution in [1.29, 1.82) is 0 Å². The highest BCUT2D eigenvalue weighted by Crippen LogP contribution is 2.41. The Morgan fingerprint density at radius 1 is 0.474 bits per heavy atom. The summed E-state index contributed by atoms with van der Waals surface area (Å²) >= 11 is 0. The van der Waals surface area contributed by atoms with Gasteiger partial charge in [-0.2, -0.15) is 0 Å². The number of cyclic esters (lactones) is 2. The maximum Gasteiger partial charge on any atom is 0.305 e. The first-order valence-corrected chi connectivity index (χ1v) is 31.1. The fraction of sp³-hybridized carbons (Fsp3) is 0.574. The average Bonchev–Trinajstić information content (AvgIpc) is 3.41. The highest BCUT2D eigenvalue weighted by molar-refractivity contribution is 6.74. The van der Waals surface area contributed by atoms with E-state index in [2.05, 4.69) is 55.1 Å². The van der Waals surface area contributed by atoms with Crippen molar-refractivity contribution >= 4 is 43.9 Å². The molecular weight excluding hydrogens is 977 g/mol. The van der Waals surface area contributed by atoms with Crippen molar-refractivity contribution in [2.45, 2.75) is 185 Å². The number of carbonyl (C=O) groups excluding carboxylic acids is 6. The fourth-order valence-electron chi connectivity index (χ4n) is 8.74. The molecule has 2 unspecified atom stereocenters. The Hall–Kier alpha value is -5.64. The quantitative estimate of drug-likeness (QED) is 0.0912. The Kier molecular flexibility index (Phi) is 28.9. The first kappa shape index (κ1) is 62.9. The van der Waals surface area contributed by atoms with Crippen molar-refractivity contribution in [3.05, 3.63) is 120 Å². The van der Waals surface area contributed by atoms with Crippen LogP contribution in [0.15, 0.2) is 103 Å². The van der Waals surface area contributed by atoms with E-state index in [0.29, 0.717) is 25.9 Å².